The zero-order valence-electron chi connectivity index (χ0n) is 22.5. The summed E-state index contributed by atoms with van der Waals surface area (Å²) < 4.78 is 52.0. The first-order valence-corrected chi connectivity index (χ1v) is 15.2. The summed E-state index contributed by atoms with van der Waals surface area (Å²) >= 11 is 6.51. The highest BCUT2D eigenvalue weighted by Crippen LogP contribution is 2.33. The lowest BCUT2D eigenvalue weighted by Crippen LogP contribution is -2.40. The van der Waals surface area contributed by atoms with Gasteiger partial charge in [0, 0.05) is 36.0 Å². The fraction of sp³-hybridized carbons (Fsp3) is 0.156. The first-order chi connectivity index (χ1) is 20.4. The van der Waals surface area contributed by atoms with Crippen LogP contribution in [0.15, 0.2) is 102 Å². The lowest BCUT2D eigenvalue weighted by atomic mass is 10.0. The number of nitrogens with zero attached hydrogens (tertiary/aromatic N) is 2. The molecular formula is C32H27ClFN3O4S. The zero-order valence-corrected chi connectivity index (χ0v) is 24.0. The number of aromatic nitrogens is 1. The minimum absolute atomic E-state index is 0.197. The Labute approximate surface area is 248 Å². The number of pyridine rings is 1. The molecule has 2 heterocycles. The molecule has 0 radical (unpaired) electrons. The molecule has 10 heteroatoms. The summed E-state index contributed by atoms with van der Waals surface area (Å²) in [5.74, 6) is 0.177. The second kappa shape index (κ2) is 12.1. The molecule has 214 valence electrons. The first kappa shape index (κ1) is 28.1. The van der Waals surface area contributed by atoms with E-state index in [-0.39, 0.29) is 17.3 Å². The van der Waals surface area contributed by atoms with E-state index < -0.39 is 10.0 Å². The average Bonchev–Trinajstić information content (AvgIpc) is 3.01. The van der Waals surface area contributed by atoms with Crippen molar-refractivity contribution in [2.24, 2.45) is 0 Å². The van der Waals surface area contributed by atoms with Gasteiger partial charge >= 0.3 is 0 Å². The molecule has 5 aromatic rings. The fourth-order valence-electron chi connectivity index (χ4n) is 4.83. The van der Waals surface area contributed by atoms with Crippen molar-refractivity contribution in [2.45, 2.75) is 11.5 Å². The van der Waals surface area contributed by atoms with Crippen molar-refractivity contribution in [1.82, 2.24) is 9.29 Å². The van der Waals surface area contributed by atoms with E-state index in [1.807, 2.05) is 42.5 Å². The molecule has 1 aromatic heterocycles. The summed E-state index contributed by atoms with van der Waals surface area (Å²) in [7, 11) is -3.56. The monoisotopic (exact) mass is 603 g/mol. The van der Waals surface area contributed by atoms with E-state index in [1.54, 1.807) is 42.6 Å². The summed E-state index contributed by atoms with van der Waals surface area (Å²) in [5, 5.41) is 4.73. The Bertz CT molecular complexity index is 1850. The highest BCUT2D eigenvalue weighted by Gasteiger charge is 2.26. The number of rotatable bonds is 8. The number of hydrogen-bond donors (Lipinski definition) is 1. The molecule has 7 nitrogen and oxygen atoms in total. The van der Waals surface area contributed by atoms with Crippen LogP contribution < -0.4 is 10.1 Å². The lowest BCUT2D eigenvalue weighted by Gasteiger charge is -2.26. The topological polar surface area (TPSA) is 80.8 Å². The van der Waals surface area contributed by atoms with Gasteiger partial charge in [0.2, 0.25) is 10.0 Å². The summed E-state index contributed by atoms with van der Waals surface area (Å²) in [6, 6.07) is 26.4. The van der Waals surface area contributed by atoms with Crippen molar-refractivity contribution < 1.29 is 22.3 Å². The van der Waals surface area contributed by atoms with Crippen LogP contribution in [0.25, 0.3) is 22.0 Å². The summed E-state index contributed by atoms with van der Waals surface area (Å²) in [5.41, 5.74) is 4.91. The maximum Gasteiger partial charge on any atom is 0.243 e. The molecule has 0 saturated carbocycles. The molecule has 1 aliphatic heterocycles. The number of benzene rings is 4. The van der Waals surface area contributed by atoms with Crippen LogP contribution in [0.1, 0.15) is 5.56 Å². The van der Waals surface area contributed by atoms with Crippen molar-refractivity contribution in [2.75, 3.05) is 31.6 Å². The molecule has 4 aromatic carbocycles. The molecule has 0 unspecified atom stereocenters. The van der Waals surface area contributed by atoms with Gasteiger partial charge in [-0.3, -0.25) is 4.98 Å². The van der Waals surface area contributed by atoms with Crippen LogP contribution in [0.4, 0.5) is 15.8 Å². The Hall–Kier alpha value is -4.02. The molecule has 42 heavy (non-hydrogen) atoms. The summed E-state index contributed by atoms with van der Waals surface area (Å²) in [4.78, 5) is 4.76. The van der Waals surface area contributed by atoms with Crippen molar-refractivity contribution in [3.05, 3.63) is 114 Å². The lowest BCUT2D eigenvalue weighted by molar-refractivity contribution is 0.0730. The predicted octanol–water partition coefficient (Wildman–Crippen LogP) is 7.04. The van der Waals surface area contributed by atoms with Gasteiger partial charge in [-0.15, -0.1) is 0 Å². The number of ether oxygens (including phenoxy) is 2. The highest BCUT2D eigenvalue weighted by molar-refractivity contribution is 7.89. The minimum atomic E-state index is -3.56. The molecule has 0 aliphatic carbocycles. The molecule has 1 saturated heterocycles. The number of fused-ring (bicyclic) bond motifs is 1. The number of anilines is 2. The van der Waals surface area contributed by atoms with Crippen LogP contribution in [-0.2, 0) is 21.4 Å². The maximum atomic E-state index is 13.5. The van der Waals surface area contributed by atoms with Gasteiger partial charge in [0.25, 0.3) is 0 Å². The Morgan fingerprint density at radius 1 is 0.929 bits per heavy atom. The van der Waals surface area contributed by atoms with Gasteiger partial charge in [0.15, 0.2) is 0 Å². The summed E-state index contributed by atoms with van der Waals surface area (Å²) in [6.45, 7) is 1.71. The second-order valence-corrected chi connectivity index (χ2v) is 12.2. The zero-order chi connectivity index (χ0) is 29.1. The number of hydrogen-bond acceptors (Lipinski definition) is 6. The highest BCUT2D eigenvalue weighted by atomic mass is 35.5. The van der Waals surface area contributed by atoms with Crippen LogP contribution >= 0.6 is 11.6 Å². The van der Waals surface area contributed by atoms with Crippen LogP contribution in [-0.4, -0.2) is 44.0 Å². The van der Waals surface area contributed by atoms with Crippen molar-refractivity contribution in [3.8, 4) is 16.9 Å². The van der Waals surface area contributed by atoms with Crippen LogP contribution in [0.2, 0.25) is 5.02 Å². The van der Waals surface area contributed by atoms with E-state index in [0.29, 0.717) is 42.6 Å². The first-order valence-electron chi connectivity index (χ1n) is 13.4. The molecule has 0 atom stereocenters. The number of halogens is 2. The maximum absolute atomic E-state index is 13.5. The molecule has 1 aliphatic rings. The van der Waals surface area contributed by atoms with Gasteiger partial charge in [0.1, 0.15) is 18.2 Å². The third kappa shape index (κ3) is 6.10. The summed E-state index contributed by atoms with van der Waals surface area (Å²) in [6.07, 6.45) is 1.73. The number of morpholine rings is 1. The Morgan fingerprint density at radius 3 is 2.48 bits per heavy atom. The van der Waals surface area contributed by atoms with Crippen LogP contribution in [0.3, 0.4) is 0 Å². The third-order valence-electron chi connectivity index (χ3n) is 7.03. The van der Waals surface area contributed by atoms with Gasteiger partial charge in [-0.25, -0.2) is 12.8 Å². The smallest absolute Gasteiger partial charge is 0.243 e. The molecule has 0 spiro atoms. The molecule has 6 rings (SSSR count). The van der Waals surface area contributed by atoms with Gasteiger partial charge in [-0.2, -0.15) is 4.31 Å². The van der Waals surface area contributed by atoms with Crippen molar-refractivity contribution >= 4 is 43.9 Å². The quantitative estimate of drug-likeness (QED) is 0.205. The number of sulfonamides is 1. The standard InChI is InChI=1S/C32H27ClFN3O4S/c33-29-20-26(7-11-32(29)41-21-22-2-1-3-25(34)18-22)36-31-12-13-35-30-10-6-24(19-28(30)31)23-4-8-27(9-5-23)42(38,39)37-14-16-40-17-15-37/h1-13,18-20H,14-17,21H2,(H,35,36). The largest absolute Gasteiger partial charge is 0.487 e. The van der Waals surface area contributed by atoms with Gasteiger partial charge < -0.3 is 14.8 Å². The molecule has 1 N–H and O–H groups in total. The second-order valence-electron chi connectivity index (χ2n) is 9.82. The molecule has 0 bridgehead atoms. The van der Waals surface area contributed by atoms with Gasteiger partial charge in [-0.05, 0) is 77.4 Å². The normalized spacial score (nSPS) is 14.1. The molecular weight excluding hydrogens is 577 g/mol. The average molecular weight is 604 g/mol. The number of nitrogens with one attached hydrogen (secondary N) is 1. The Kier molecular flexibility index (Phi) is 8.08. The van der Waals surface area contributed by atoms with Crippen molar-refractivity contribution in [1.29, 1.82) is 0 Å². The third-order valence-corrected chi connectivity index (χ3v) is 9.24. The fourth-order valence-corrected chi connectivity index (χ4v) is 6.47. The van der Waals surface area contributed by atoms with E-state index in [1.165, 1.54) is 16.4 Å². The Morgan fingerprint density at radius 2 is 1.71 bits per heavy atom. The minimum Gasteiger partial charge on any atom is -0.487 e. The van der Waals surface area contributed by atoms with E-state index in [9.17, 15) is 12.8 Å². The van der Waals surface area contributed by atoms with Gasteiger partial charge in [0.05, 0.1) is 28.6 Å². The van der Waals surface area contributed by atoms with Crippen LogP contribution in [0.5, 0.6) is 5.75 Å². The van der Waals surface area contributed by atoms with Crippen molar-refractivity contribution in [3.63, 3.8) is 0 Å². The molecule has 1 fully saturated rings. The Balaban J connectivity index is 1.21. The predicted molar refractivity (Wildman–Crippen MR) is 162 cm³/mol. The van der Waals surface area contributed by atoms with E-state index in [2.05, 4.69) is 10.3 Å². The van der Waals surface area contributed by atoms with E-state index in [4.69, 9.17) is 21.1 Å². The van der Waals surface area contributed by atoms with Crippen LogP contribution in [0, 0.1) is 5.82 Å². The van der Waals surface area contributed by atoms with Gasteiger partial charge in [-0.1, -0.05) is 41.9 Å². The van der Waals surface area contributed by atoms with E-state index in [0.717, 1.165) is 33.4 Å². The molecule has 0 amide bonds. The SMILES string of the molecule is O=S(=O)(c1ccc(-c2ccc3nccc(Nc4ccc(OCc5cccc(F)c5)c(Cl)c4)c3c2)cc1)N1CCOCC1. The van der Waals surface area contributed by atoms with E-state index >= 15 is 0 Å².